The molecule has 0 radical (unpaired) electrons. The molecule has 1 aliphatic rings. The van der Waals surface area contributed by atoms with Crippen LogP contribution in [-0.2, 0) is 14.9 Å². The van der Waals surface area contributed by atoms with Crippen molar-refractivity contribution in [2.75, 3.05) is 20.3 Å². The van der Waals surface area contributed by atoms with Crippen LogP contribution in [-0.4, -0.2) is 31.4 Å². The van der Waals surface area contributed by atoms with Gasteiger partial charge in [0.2, 0.25) is 0 Å². The number of hydrogen-bond donors (Lipinski definition) is 1. The van der Waals surface area contributed by atoms with E-state index in [1.54, 1.807) is 12.1 Å². The lowest BCUT2D eigenvalue weighted by molar-refractivity contribution is -0.131. The number of carboxylic acids is 1. The van der Waals surface area contributed by atoms with Crippen molar-refractivity contribution in [2.45, 2.75) is 5.41 Å². The van der Waals surface area contributed by atoms with E-state index in [2.05, 4.69) is 0 Å². The zero-order valence-corrected chi connectivity index (χ0v) is 9.85. The minimum Gasteiger partial charge on any atom is -0.494 e. The largest absolute Gasteiger partial charge is 0.494 e. The minimum absolute atomic E-state index is 0.163. The normalized spacial score (nSPS) is 17.4. The van der Waals surface area contributed by atoms with Crippen LogP contribution in [0.2, 0.25) is 0 Å². The fraction of sp³-hybridized carbons (Fsp3) is 0.308. The lowest BCUT2D eigenvalue weighted by Crippen LogP contribution is -2.45. The van der Waals surface area contributed by atoms with E-state index in [1.165, 1.54) is 19.2 Å². The van der Waals surface area contributed by atoms with Gasteiger partial charge in [0.15, 0.2) is 11.6 Å². The molecule has 0 unspecified atom stereocenters. The molecule has 96 valence electrons. The first-order valence-corrected chi connectivity index (χ1v) is 5.41. The van der Waals surface area contributed by atoms with Crippen LogP contribution in [0.15, 0.2) is 30.4 Å². The number of ether oxygens (including phenoxy) is 2. The zero-order chi connectivity index (χ0) is 13.2. The van der Waals surface area contributed by atoms with Crippen molar-refractivity contribution in [1.29, 1.82) is 0 Å². The maximum Gasteiger partial charge on any atom is 0.328 e. The van der Waals surface area contributed by atoms with Gasteiger partial charge < -0.3 is 14.6 Å². The highest BCUT2D eigenvalue weighted by molar-refractivity contribution is 5.80. The Morgan fingerprint density at radius 2 is 2.28 bits per heavy atom. The van der Waals surface area contributed by atoms with Crippen molar-refractivity contribution in [3.63, 3.8) is 0 Å². The molecule has 0 spiro atoms. The Labute approximate surface area is 104 Å². The topological polar surface area (TPSA) is 55.8 Å². The van der Waals surface area contributed by atoms with E-state index in [0.717, 1.165) is 6.08 Å². The van der Waals surface area contributed by atoms with Gasteiger partial charge in [-0.1, -0.05) is 12.1 Å². The quantitative estimate of drug-likeness (QED) is 0.829. The van der Waals surface area contributed by atoms with Gasteiger partial charge in [-0.05, 0) is 17.7 Å². The molecule has 0 aliphatic carbocycles. The van der Waals surface area contributed by atoms with Crippen LogP contribution < -0.4 is 4.74 Å². The van der Waals surface area contributed by atoms with Crippen molar-refractivity contribution in [2.24, 2.45) is 0 Å². The van der Waals surface area contributed by atoms with Gasteiger partial charge in [0.25, 0.3) is 0 Å². The summed E-state index contributed by atoms with van der Waals surface area (Å²) in [5, 5.41) is 8.66. The molecule has 0 saturated carbocycles. The molecule has 5 heteroatoms. The lowest BCUT2D eigenvalue weighted by atomic mass is 9.78. The molecule has 1 N–H and O–H groups in total. The Kier molecular flexibility index (Phi) is 3.34. The summed E-state index contributed by atoms with van der Waals surface area (Å²) in [5.74, 6) is -1.34. The van der Waals surface area contributed by atoms with Crippen molar-refractivity contribution in [3.8, 4) is 5.75 Å². The lowest BCUT2D eigenvalue weighted by Gasteiger charge is -2.39. The summed E-state index contributed by atoms with van der Waals surface area (Å²) >= 11 is 0. The van der Waals surface area contributed by atoms with Crippen molar-refractivity contribution < 1.29 is 23.8 Å². The van der Waals surface area contributed by atoms with E-state index in [9.17, 15) is 9.18 Å². The highest BCUT2D eigenvalue weighted by atomic mass is 19.1. The van der Waals surface area contributed by atoms with E-state index in [4.69, 9.17) is 14.6 Å². The third-order valence-electron chi connectivity index (χ3n) is 2.99. The van der Waals surface area contributed by atoms with Crippen LogP contribution >= 0.6 is 0 Å². The molecule has 18 heavy (non-hydrogen) atoms. The monoisotopic (exact) mass is 252 g/mol. The summed E-state index contributed by atoms with van der Waals surface area (Å²) in [5.41, 5.74) is 0.135. The molecule has 0 amide bonds. The number of carboxylic acid groups (broad SMARTS) is 1. The Morgan fingerprint density at radius 3 is 2.72 bits per heavy atom. The van der Waals surface area contributed by atoms with Crippen molar-refractivity contribution in [1.82, 2.24) is 0 Å². The van der Waals surface area contributed by atoms with Gasteiger partial charge in [-0.2, -0.15) is 0 Å². The van der Waals surface area contributed by atoms with Crippen LogP contribution in [0.5, 0.6) is 5.75 Å². The third-order valence-corrected chi connectivity index (χ3v) is 2.99. The second-order valence-corrected chi connectivity index (χ2v) is 4.17. The summed E-state index contributed by atoms with van der Waals surface area (Å²) in [6.07, 6.45) is 2.60. The average molecular weight is 252 g/mol. The minimum atomic E-state index is -1.03. The molecule has 1 aliphatic heterocycles. The van der Waals surface area contributed by atoms with Gasteiger partial charge in [0.05, 0.1) is 25.7 Å². The Balaban J connectivity index is 2.33. The Hall–Kier alpha value is -1.88. The van der Waals surface area contributed by atoms with Gasteiger partial charge in [-0.15, -0.1) is 0 Å². The highest BCUT2D eigenvalue weighted by Crippen LogP contribution is 2.35. The Bertz CT molecular complexity index is 492. The highest BCUT2D eigenvalue weighted by Gasteiger charge is 2.38. The second kappa shape index (κ2) is 4.78. The summed E-state index contributed by atoms with van der Waals surface area (Å²) in [6.45, 7) is 0.700. The summed E-state index contributed by atoms with van der Waals surface area (Å²) in [7, 11) is 1.39. The Morgan fingerprint density at radius 1 is 1.56 bits per heavy atom. The molecular weight excluding hydrogens is 239 g/mol. The first-order chi connectivity index (χ1) is 8.57. The molecule has 1 saturated heterocycles. The SMILES string of the molecule is COc1ccc(C2(/C=C/C(=O)O)COC2)cc1F. The molecule has 4 nitrogen and oxygen atoms in total. The van der Waals surface area contributed by atoms with Crippen molar-refractivity contribution in [3.05, 3.63) is 41.7 Å². The van der Waals surface area contributed by atoms with Crippen LogP contribution in [0.3, 0.4) is 0 Å². The first kappa shape index (κ1) is 12.6. The van der Waals surface area contributed by atoms with Gasteiger partial charge >= 0.3 is 5.97 Å². The predicted octanol–water partition coefficient (Wildman–Crippen LogP) is 1.74. The van der Waals surface area contributed by atoms with Gasteiger partial charge in [0.1, 0.15) is 0 Å². The number of benzene rings is 1. The molecule has 1 heterocycles. The van der Waals surface area contributed by atoms with Gasteiger partial charge in [0, 0.05) is 6.08 Å². The van der Waals surface area contributed by atoms with E-state index in [1.807, 2.05) is 0 Å². The molecule has 1 aromatic carbocycles. The smallest absolute Gasteiger partial charge is 0.328 e. The second-order valence-electron chi connectivity index (χ2n) is 4.17. The number of hydrogen-bond acceptors (Lipinski definition) is 3. The van der Waals surface area contributed by atoms with Crippen LogP contribution in [0, 0.1) is 5.82 Å². The fourth-order valence-corrected chi connectivity index (χ4v) is 1.89. The van der Waals surface area contributed by atoms with Crippen molar-refractivity contribution >= 4 is 5.97 Å². The van der Waals surface area contributed by atoms with Gasteiger partial charge in [-0.3, -0.25) is 0 Å². The molecule has 1 fully saturated rings. The summed E-state index contributed by atoms with van der Waals surface area (Å²) in [4.78, 5) is 10.6. The number of rotatable bonds is 4. The molecular formula is C13H13FO4. The van der Waals surface area contributed by atoms with E-state index in [0.29, 0.717) is 18.8 Å². The third kappa shape index (κ3) is 2.22. The average Bonchev–Trinajstić information content (AvgIpc) is 2.27. The molecule has 1 aromatic rings. The predicted molar refractivity (Wildman–Crippen MR) is 62.2 cm³/mol. The summed E-state index contributed by atoms with van der Waals surface area (Å²) < 4.78 is 23.6. The number of aliphatic carboxylic acids is 1. The fourth-order valence-electron chi connectivity index (χ4n) is 1.89. The van der Waals surface area contributed by atoms with Crippen LogP contribution in [0.25, 0.3) is 0 Å². The maximum atomic E-state index is 13.6. The molecule has 0 atom stereocenters. The van der Waals surface area contributed by atoms with E-state index < -0.39 is 17.2 Å². The zero-order valence-electron chi connectivity index (χ0n) is 9.85. The molecule has 2 rings (SSSR count). The standard InChI is InChI=1S/C13H13FO4/c1-17-11-3-2-9(6-10(11)14)13(7-18-8-13)5-4-12(15)16/h2-6H,7-8H2,1H3,(H,15,16)/b5-4+. The van der Waals surface area contributed by atoms with Crippen LogP contribution in [0.4, 0.5) is 4.39 Å². The van der Waals surface area contributed by atoms with E-state index >= 15 is 0 Å². The van der Waals surface area contributed by atoms with Gasteiger partial charge in [-0.25, -0.2) is 9.18 Å². The van der Waals surface area contributed by atoms with E-state index in [-0.39, 0.29) is 5.75 Å². The molecule has 0 aromatic heterocycles. The maximum absolute atomic E-state index is 13.6. The number of halogens is 1. The number of carbonyl (C=O) groups is 1. The molecule has 0 bridgehead atoms. The first-order valence-electron chi connectivity index (χ1n) is 5.41. The summed E-state index contributed by atoms with van der Waals surface area (Å²) in [6, 6.07) is 4.60. The number of methoxy groups -OCH3 is 1. The van der Waals surface area contributed by atoms with Crippen LogP contribution in [0.1, 0.15) is 5.56 Å².